The van der Waals surface area contributed by atoms with Gasteiger partial charge in [0.2, 0.25) is 0 Å². The van der Waals surface area contributed by atoms with Gasteiger partial charge < -0.3 is 21.1 Å². The van der Waals surface area contributed by atoms with Crippen molar-refractivity contribution in [3.63, 3.8) is 0 Å². The van der Waals surface area contributed by atoms with E-state index < -0.39 is 6.09 Å². The molecule has 30 heavy (non-hydrogen) atoms. The largest absolute Gasteiger partial charge is 0.465 e. The van der Waals surface area contributed by atoms with Crippen molar-refractivity contribution >= 4 is 22.9 Å². The van der Waals surface area contributed by atoms with Crippen LogP contribution in [0.25, 0.3) is 22.3 Å². The highest BCUT2D eigenvalue weighted by atomic mass is 16.4. The predicted octanol–water partition coefficient (Wildman–Crippen LogP) is 3.28. The van der Waals surface area contributed by atoms with Gasteiger partial charge in [0.1, 0.15) is 11.8 Å². The minimum atomic E-state index is -0.818. The second kappa shape index (κ2) is 8.62. The fourth-order valence-electron chi connectivity index (χ4n) is 4.10. The van der Waals surface area contributed by atoms with Gasteiger partial charge in [-0.15, -0.1) is 0 Å². The summed E-state index contributed by atoms with van der Waals surface area (Å²) < 4.78 is 0. The first-order valence-corrected chi connectivity index (χ1v) is 10.2. The second-order valence-electron chi connectivity index (χ2n) is 7.66. The number of carbonyl (C=O) groups is 1. The van der Waals surface area contributed by atoms with E-state index in [-0.39, 0.29) is 6.04 Å². The average Bonchev–Trinajstić information content (AvgIpc) is 2.77. The molecule has 1 aliphatic heterocycles. The first kappa shape index (κ1) is 20.0. The topological polar surface area (TPSA) is 117 Å². The Morgan fingerprint density at radius 3 is 2.97 bits per heavy atom. The molecule has 0 radical (unpaired) electrons. The first-order valence-electron chi connectivity index (χ1n) is 10.2. The minimum Gasteiger partial charge on any atom is -0.465 e. The summed E-state index contributed by atoms with van der Waals surface area (Å²) in [5.41, 5.74) is 10.3. The standard InChI is InChI=1S/C22H26N6O2/c1-2-17-11-16(8-9-28(17)22(29)30)24-12-14-4-3-5-15(10-14)18-6-7-19-20(27-18)21(23)26-13-25-19/h3-7,10,13,16-17,24H,2,8-9,11-12H2,1H3,(H,29,30)(H2,23,25,26). The number of anilines is 1. The van der Waals surface area contributed by atoms with Gasteiger partial charge in [-0.3, -0.25) is 0 Å². The van der Waals surface area contributed by atoms with Crippen LogP contribution in [0.3, 0.4) is 0 Å². The number of hydrogen-bond acceptors (Lipinski definition) is 6. The third-order valence-corrected chi connectivity index (χ3v) is 5.76. The number of nitrogens with zero attached hydrogens (tertiary/aromatic N) is 4. The Morgan fingerprint density at radius 2 is 2.17 bits per heavy atom. The van der Waals surface area contributed by atoms with Crippen molar-refractivity contribution in [1.82, 2.24) is 25.2 Å². The van der Waals surface area contributed by atoms with Crippen LogP contribution in [0.2, 0.25) is 0 Å². The summed E-state index contributed by atoms with van der Waals surface area (Å²) in [4.78, 5) is 25.8. The van der Waals surface area contributed by atoms with Crippen LogP contribution >= 0.6 is 0 Å². The van der Waals surface area contributed by atoms with E-state index in [0.29, 0.717) is 23.9 Å². The molecule has 8 nitrogen and oxygen atoms in total. The Bertz CT molecular complexity index is 1060. The van der Waals surface area contributed by atoms with E-state index in [1.165, 1.54) is 6.33 Å². The molecule has 4 N–H and O–H groups in total. The predicted molar refractivity (Wildman–Crippen MR) is 116 cm³/mol. The molecule has 0 aliphatic carbocycles. The highest BCUT2D eigenvalue weighted by Gasteiger charge is 2.29. The Kier molecular flexibility index (Phi) is 5.76. The number of aromatic nitrogens is 3. The van der Waals surface area contributed by atoms with Crippen LogP contribution in [0.5, 0.6) is 0 Å². The second-order valence-corrected chi connectivity index (χ2v) is 7.66. The van der Waals surface area contributed by atoms with E-state index in [9.17, 15) is 9.90 Å². The Balaban J connectivity index is 1.46. The molecule has 0 saturated carbocycles. The van der Waals surface area contributed by atoms with Crippen LogP contribution in [-0.2, 0) is 6.54 Å². The molecule has 8 heteroatoms. The number of fused-ring (bicyclic) bond motifs is 1. The molecular weight excluding hydrogens is 380 g/mol. The van der Waals surface area contributed by atoms with Gasteiger partial charge in [-0.25, -0.2) is 19.7 Å². The maximum atomic E-state index is 11.4. The number of benzene rings is 1. The smallest absolute Gasteiger partial charge is 0.407 e. The molecule has 0 bridgehead atoms. The van der Waals surface area contributed by atoms with E-state index >= 15 is 0 Å². The molecule has 2 unspecified atom stereocenters. The summed E-state index contributed by atoms with van der Waals surface area (Å²) in [5.74, 6) is 0.373. The van der Waals surface area contributed by atoms with Gasteiger partial charge in [-0.2, -0.15) is 0 Å². The molecule has 156 valence electrons. The lowest BCUT2D eigenvalue weighted by Gasteiger charge is -2.37. The summed E-state index contributed by atoms with van der Waals surface area (Å²) in [6, 6.07) is 12.5. The fraction of sp³-hybridized carbons (Fsp3) is 0.364. The molecule has 1 amide bonds. The summed E-state index contributed by atoms with van der Waals surface area (Å²) in [7, 11) is 0. The van der Waals surface area contributed by atoms with Crippen molar-refractivity contribution in [3.8, 4) is 11.3 Å². The minimum absolute atomic E-state index is 0.0783. The molecule has 1 aliphatic rings. The SMILES string of the molecule is CCC1CC(NCc2cccc(-c3ccc4ncnc(N)c4n3)c2)CCN1C(=O)O. The zero-order valence-corrected chi connectivity index (χ0v) is 17.0. The summed E-state index contributed by atoms with van der Waals surface area (Å²) in [6.45, 7) is 3.34. The summed E-state index contributed by atoms with van der Waals surface area (Å²) >= 11 is 0. The zero-order valence-electron chi connectivity index (χ0n) is 17.0. The van der Waals surface area contributed by atoms with Crippen LogP contribution in [-0.4, -0.2) is 49.7 Å². The molecule has 2 atom stereocenters. The number of amides is 1. The van der Waals surface area contributed by atoms with Crippen molar-refractivity contribution in [2.45, 2.75) is 44.8 Å². The normalized spacial score (nSPS) is 19.2. The van der Waals surface area contributed by atoms with E-state index in [1.54, 1.807) is 4.90 Å². The molecule has 2 aromatic heterocycles. The van der Waals surface area contributed by atoms with Crippen molar-refractivity contribution in [3.05, 3.63) is 48.3 Å². The van der Waals surface area contributed by atoms with Gasteiger partial charge in [0, 0.05) is 30.7 Å². The van der Waals surface area contributed by atoms with E-state index in [4.69, 9.17) is 5.73 Å². The third-order valence-electron chi connectivity index (χ3n) is 5.76. The van der Waals surface area contributed by atoms with Crippen molar-refractivity contribution < 1.29 is 9.90 Å². The summed E-state index contributed by atoms with van der Waals surface area (Å²) in [6.07, 6.45) is 3.12. The van der Waals surface area contributed by atoms with Crippen molar-refractivity contribution in [1.29, 1.82) is 0 Å². The van der Waals surface area contributed by atoms with Crippen LogP contribution < -0.4 is 11.1 Å². The fourth-order valence-corrected chi connectivity index (χ4v) is 4.10. The van der Waals surface area contributed by atoms with Crippen LogP contribution in [0.4, 0.5) is 10.6 Å². The van der Waals surface area contributed by atoms with Gasteiger partial charge in [0.05, 0.1) is 11.2 Å². The van der Waals surface area contributed by atoms with Gasteiger partial charge >= 0.3 is 6.09 Å². The van der Waals surface area contributed by atoms with E-state index in [0.717, 1.165) is 48.1 Å². The molecule has 3 heterocycles. The number of carboxylic acid groups (broad SMARTS) is 1. The number of rotatable bonds is 5. The lowest BCUT2D eigenvalue weighted by molar-refractivity contribution is 0.0946. The van der Waals surface area contributed by atoms with Crippen molar-refractivity contribution in [2.24, 2.45) is 0 Å². The molecule has 0 spiro atoms. The highest BCUT2D eigenvalue weighted by Crippen LogP contribution is 2.24. The Labute approximate surface area is 175 Å². The monoisotopic (exact) mass is 406 g/mol. The number of likely N-dealkylation sites (tertiary alicyclic amines) is 1. The molecule has 1 aromatic carbocycles. The quantitative estimate of drug-likeness (QED) is 0.595. The lowest BCUT2D eigenvalue weighted by atomic mass is 9.95. The van der Waals surface area contributed by atoms with Crippen LogP contribution in [0.15, 0.2) is 42.7 Å². The maximum Gasteiger partial charge on any atom is 0.407 e. The molecule has 1 fully saturated rings. The molecule has 3 aromatic rings. The number of pyridine rings is 1. The van der Waals surface area contributed by atoms with E-state index in [1.807, 2.05) is 31.2 Å². The van der Waals surface area contributed by atoms with E-state index in [2.05, 4.69) is 32.4 Å². The van der Waals surface area contributed by atoms with Crippen molar-refractivity contribution in [2.75, 3.05) is 12.3 Å². The van der Waals surface area contributed by atoms with Crippen LogP contribution in [0.1, 0.15) is 31.7 Å². The van der Waals surface area contributed by atoms with Gasteiger partial charge in [0.25, 0.3) is 0 Å². The Morgan fingerprint density at radius 1 is 1.30 bits per heavy atom. The van der Waals surface area contributed by atoms with Crippen LogP contribution in [0, 0.1) is 0 Å². The lowest BCUT2D eigenvalue weighted by Crippen LogP contribution is -2.50. The first-order chi connectivity index (χ1) is 14.5. The highest BCUT2D eigenvalue weighted by molar-refractivity contribution is 5.85. The van der Waals surface area contributed by atoms with Gasteiger partial charge in [0.15, 0.2) is 5.82 Å². The number of nitrogen functional groups attached to an aromatic ring is 1. The summed E-state index contributed by atoms with van der Waals surface area (Å²) in [5, 5.41) is 12.9. The molecule has 4 rings (SSSR count). The Hall–Kier alpha value is -3.26. The third kappa shape index (κ3) is 4.18. The number of nitrogens with two attached hydrogens (primary N) is 1. The molecule has 1 saturated heterocycles. The maximum absolute atomic E-state index is 11.4. The van der Waals surface area contributed by atoms with Gasteiger partial charge in [-0.1, -0.05) is 25.1 Å². The van der Waals surface area contributed by atoms with Gasteiger partial charge in [-0.05, 0) is 43.0 Å². The zero-order chi connectivity index (χ0) is 21.1. The number of hydrogen-bond donors (Lipinski definition) is 3. The molecular formula is C22H26N6O2. The number of piperidine rings is 1. The average molecular weight is 406 g/mol. The number of nitrogens with one attached hydrogen (secondary N) is 1.